The number of hydrogen-bond donors (Lipinski definition) is 1. The summed E-state index contributed by atoms with van der Waals surface area (Å²) in [4.78, 5) is 22.1. The summed E-state index contributed by atoms with van der Waals surface area (Å²) in [6.07, 6.45) is 1.66. The number of Topliss-reactive ketones (excluding diaryl/α,β-unsaturated/α-hetero) is 1. The van der Waals surface area contributed by atoms with Gasteiger partial charge in [-0.2, -0.15) is 0 Å². The smallest absolute Gasteiger partial charge is 0.219 e. The van der Waals surface area contributed by atoms with E-state index in [0.29, 0.717) is 25.8 Å². The largest absolute Gasteiger partial charge is 0.356 e. The lowest BCUT2D eigenvalue weighted by atomic mass is 10.0. The van der Waals surface area contributed by atoms with E-state index in [0.717, 1.165) is 0 Å². The fourth-order valence-corrected chi connectivity index (χ4v) is 0.997. The molecule has 0 fully saturated rings. The zero-order valence-electron chi connectivity index (χ0n) is 8.72. The van der Waals surface area contributed by atoms with Crippen LogP contribution in [0.3, 0.4) is 0 Å². The molecule has 1 amide bonds. The van der Waals surface area contributed by atoms with Gasteiger partial charge in [-0.1, -0.05) is 13.8 Å². The molecule has 0 saturated carbocycles. The van der Waals surface area contributed by atoms with Crippen molar-refractivity contribution >= 4 is 11.7 Å². The van der Waals surface area contributed by atoms with Crippen molar-refractivity contribution in [1.29, 1.82) is 0 Å². The van der Waals surface area contributed by atoms with Crippen molar-refractivity contribution in [3.8, 4) is 0 Å². The van der Waals surface area contributed by atoms with Gasteiger partial charge in [-0.25, -0.2) is 0 Å². The fraction of sp³-hybridized carbons (Fsp3) is 0.800. The summed E-state index contributed by atoms with van der Waals surface area (Å²) >= 11 is 0. The monoisotopic (exact) mass is 185 g/mol. The Morgan fingerprint density at radius 2 is 1.85 bits per heavy atom. The molecular formula is C10H19NO2. The van der Waals surface area contributed by atoms with E-state index in [4.69, 9.17) is 0 Å². The van der Waals surface area contributed by atoms with E-state index >= 15 is 0 Å². The van der Waals surface area contributed by atoms with E-state index in [9.17, 15) is 9.59 Å². The molecule has 0 spiro atoms. The number of hydrogen-bond acceptors (Lipinski definition) is 2. The average Bonchev–Trinajstić information content (AvgIpc) is 2.04. The van der Waals surface area contributed by atoms with Gasteiger partial charge in [-0.05, 0) is 13.3 Å². The summed E-state index contributed by atoms with van der Waals surface area (Å²) in [6, 6.07) is 0. The Bertz CT molecular complexity index is 176. The van der Waals surface area contributed by atoms with Gasteiger partial charge in [0.2, 0.25) is 5.91 Å². The molecule has 1 N–H and O–H groups in total. The molecule has 0 saturated heterocycles. The predicted octanol–water partition coefficient (Wildman–Crippen LogP) is 1.52. The van der Waals surface area contributed by atoms with Crippen molar-refractivity contribution in [2.75, 3.05) is 6.54 Å². The molecule has 0 aliphatic heterocycles. The maximum absolute atomic E-state index is 11.2. The normalized spacial score (nSPS) is 10.2. The van der Waals surface area contributed by atoms with E-state index in [1.165, 1.54) is 0 Å². The molecule has 0 radical (unpaired) electrons. The van der Waals surface area contributed by atoms with E-state index in [1.807, 2.05) is 20.8 Å². The third-order valence-corrected chi connectivity index (χ3v) is 1.84. The number of rotatable bonds is 6. The number of carbonyl (C=O) groups excluding carboxylic acids is 2. The highest BCUT2D eigenvalue weighted by molar-refractivity contribution is 5.81. The molecule has 3 heteroatoms. The number of nitrogens with one attached hydrogen (secondary N) is 1. The first-order valence-electron chi connectivity index (χ1n) is 4.87. The molecule has 0 aliphatic rings. The van der Waals surface area contributed by atoms with Gasteiger partial charge in [0.05, 0.1) is 0 Å². The molecule has 0 unspecified atom stereocenters. The summed E-state index contributed by atoms with van der Waals surface area (Å²) in [5, 5.41) is 2.70. The second-order valence-corrected chi connectivity index (χ2v) is 3.43. The van der Waals surface area contributed by atoms with Crippen molar-refractivity contribution < 1.29 is 9.59 Å². The van der Waals surface area contributed by atoms with Crippen LogP contribution in [0.1, 0.15) is 40.0 Å². The molecule has 0 aromatic carbocycles. The third-order valence-electron chi connectivity index (χ3n) is 1.84. The Balaban J connectivity index is 3.45. The quantitative estimate of drug-likeness (QED) is 0.682. The molecule has 0 bridgehead atoms. The molecule has 0 atom stereocenters. The van der Waals surface area contributed by atoms with Gasteiger partial charge < -0.3 is 5.32 Å². The van der Waals surface area contributed by atoms with Gasteiger partial charge >= 0.3 is 0 Å². The lowest BCUT2D eigenvalue weighted by Crippen LogP contribution is -2.22. The van der Waals surface area contributed by atoms with Crippen molar-refractivity contribution in [2.24, 2.45) is 5.92 Å². The molecule has 76 valence electrons. The van der Waals surface area contributed by atoms with Gasteiger partial charge in [0.25, 0.3) is 0 Å². The Labute approximate surface area is 79.9 Å². The zero-order valence-corrected chi connectivity index (χ0v) is 8.72. The first-order valence-corrected chi connectivity index (χ1v) is 4.87. The minimum absolute atomic E-state index is 0.0408. The molecule has 0 aliphatic carbocycles. The van der Waals surface area contributed by atoms with Crippen LogP contribution >= 0.6 is 0 Å². The van der Waals surface area contributed by atoms with Crippen molar-refractivity contribution in [1.82, 2.24) is 5.32 Å². The minimum Gasteiger partial charge on any atom is -0.356 e. The summed E-state index contributed by atoms with van der Waals surface area (Å²) in [7, 11) is 0. The lowest BCUT2D eigenvalue weighted by molar-refractivity contribution is -0.122. The molecule has 3 nitrogen and oxygen atoms in total. The van der Waals surface area contributed by atoms with Crippen molar-refractivity contribution in [2.45, 2.75) is 40.0 Å². The number of amides is 1. The second-order valence-electron chi connectivity index (χ2n) is 3.43. The van der Waals surface area contributed by atoms with Crippen molar-refractivity contribution in [3.63, 3.8) is 0 Å². The summed E-state index contributed by atoms with van der Waals surface area (Å²) in [5.41, 5.74) is 0. The predicted molar refractivity (Wildman–Crippen MR) is 52.4 cm³/mol. The average molecular weight is 185 g/mol. The highest BCUT2D eigenvalue weighted by Crippen LogP contribution is 2.03. The first-order chi connectivity index (χ1) is 6.07. The van der Waals surface area contributed by atoms with Crippen LogP contribution in [0, 0.1) is 5.92 Å². The first kappa shape index (κ1) is 12.1. The van der Waals surface area contributed by atoms with Gasteiger partial charge in [0, 0.05) is 25.3 Å². The lowest BCUT2D eigenvalue weighted by Gasteiger charge is -2.03. The molecule has 0 aromatic rings. The number of ketones is 1. The van der Waals surface area contributed by atoms with Crippen LogP contribution in [0.2, 0.25) is 0 Å². The van der Waals surface area contributed by atoms with E-state index < -0.39 is 0 Å². The Morgan fingerprint density at radius 1 is 1.23 bits per heavy atom. The third kappa shape index (κ3) is 6.31. The van der Waals surface area contributed by atoms with E-state index in [2.05, 4.69) is 5.32 Å². The van der Waals surface area contributed by atoms with Gasteiger partial charge in [0.15, 0.2) is 0 Å². The van der Waals surface area contributed by atoms with Crippen LogP contribution in [0.15, 0.2) is 0 Å². The highest BCUT2D eigenvalue weighted by Gasteiger charge is 2.07. The number of carbonyl (C=O) groups is 2. The molecule has 0 heterocycles. The van der Waals surface area contributed by atoms with Crippen LogP contribution in [-0.2, 0) is 9.59 Å². The molecule has 0 rings (SSSR count). The SMILES string of the molecule is CCNC(=O)CCCC(=O)C(C)C. The maximum atomic E-state index is 11.2. The Hall–Kier alpha value is -0.860. The fourth-order valence-electron chi connectivity index (χ4n) is 0.997. The van der Waals surface area contributed by atoms with Crippen LogP contribution in [0.25, 0.3) is 0 Å². The maximum Gasteiger partial charge on any atom is 0.219 e. The molecule has 0 aromatic heterocycles. The standard InChI is InChI=1S/C10H19NO2/c1-4-11-10(13)7-5-6-9(12)8(2)3/h8H,4-7H2,1-3H3,(H,11,13). The zero-order chi connectivity index (χ0) is 10.3. The van der Waals surface area contributed by atoms with Gasteiger partial charge in [-0.15, -0.1) is 0 Å². The van der Waals surface area contributed by atoms with Crippen LogP contribution < -0.4 is 5.32 Å². The van der Waals surface area contributed by atoms with Crippen LogP contribution in [-0.4, -0.2) is 18.2 Å². The van der Waals surface area contributed by atoms with Gasteiger partial charge in [-0.3, -0.25) is 9.59 Å². The second kappa shape index (κ2) is 6.63. The minimum atomic E-state index is 0.0408. The summed E-state index contributed by atoms with van der Waals surface area (Å²) in [5.74, 6) is 0.373. The van der Waals surface area contributed by atoms with E-state index in [-0.39, 0.29) is 17.6 Å². The highest BCUT2D eigenvalue weighted by atomic mass is 16.1. The van der Waals surface area contributed by atoms with Crippen LogP contribution in [0.4, 0.5) is 0 Å². The summed E-state index contributed by atoms with van der Waals surface area (Å²) < 4.78 is 0. The van der Waals surface area contributed by atoms with Crippen molar-refractivity contribution in [3.05, 3.63) is 0 Å². The summed E-state index contributed by atoms with van der Waals surface area (Å²) in [6.45, 7) is 6.32. The van der Waals surface area contributed by atoms with Crippen LogP contribution in [0.5, 0.6) is 0 Å². The Kier molecular flexibility index (Phi) is 6.20. The van der Waals surface area contributed by atoms with E-state index in [1.54, 1.807) is 0 Å². The molecule has 13 heavy (non-hydrogen) atoms. The topological polar surface area (TPSA) is 46.2 Å². The molecular weight excluding hydrogens is 166 g/mol. The van der Waals surface area contributed by atoms with Gasteiger partial charge in [0.1, 0.15) is 5.78 Å². The Morgan fingerprint density at radius 3 is 2.31 bits per heavy atom.